The van der Waals surface area contributed by atoms with Crippen LogP contribution in [0.15, 0.2) is 36.7 Å². The van der Waals surface area contributed by atoms with E-state index in [0.29, 0.717) is 16.3 Å². The molecule has 0 saturated carbocycles. The van der Waals surface area contributed by atoms with Crippen molar-refractivity contribution < 1.29 is 13.6 Å². The van der Waals surface area contributed by atoms with Crippen molar-refractivity contribution in [3.63, 3.8) is 0 Å². The summed E-state index contributed by atoms with van der Waals surface area (Å²) in [5.41, 5.74) is 0.744. The van der Waals surface area contributed by atoms with E-state index in [0.717, 1.165) is 12.1 Å². The summed E-state index contributed by atoms with van der Waals surface area (Å²) < 4.78 is 25.7. The maximum absolute atomic E-state index is 13.0. The van der Waals surface area contributed by atoms with Gasteiger partial charge in [-0.3, -0.25) is 9.78 Å². The highest BCUT2D eigenvalue weighted by Crippen LogP contribution is 2.19. The summed E-state index contributed by atoms with van der Waals surface area (Å²) in [5.74, 6) is -2.31. The van der Waals surface area contributed by atoms with E-state index in [2.05, 4.69) is 10.3 Å². The fourth-order valence-corrected chi connectivity index (χ4v) is 1.65. The van der Waals surface area contributed by atoms with E-state index in [4.69, 9.17) is 11.6 Å². The zero-order valence-electron chi connectivity index (χ0n) is 9.66. The highest BCUT2D eigenvalue weighted by atomic mass is 35.5. The van der Waals surface area contributed by atoms with Crippen LogP contribution in [0, 0.1) is 11.6 Å². The summed E-state index contributed by atoms with van der Waals surface area (Å²) in [7, 11) is 0. The number of carbonyl (C=O) groups is 1. The third-order valence-electron chi connectivity index (χ3n) is 2.39. The number of amides is 1. The lowest BCUT2D eigenvalue weighted by Crippen LogP contribution is -2.15. The molecule has 0 aliphatic heterocycles. The van der Waals surface area contributed by atoms with Gasteiger partial charge in [-0.25, -0.2) is 8.78 Å². The smallest absolute Gasteiger partial charge is 0.228 e. The molecule has 0 aliphatic carbocycles. The molecule has 2 aromatic rings. The maximum atomic E-state index is 13.0. The minimum absolute atomic E-state index is 0.0809. The van der Waals surface area contributed by atoms with Crippen LogP contribution in [-0.4, -0.2) is 10.9 Å². The fourth-order valence-electron chi connectivity index (χ4n) is 1.50. The molecule has 0 atom stereocenters. The van der Waals surface area contributed by atoms with E-state index in [1.54, 1.807) is 0 Å². The third-order valence-corrected chi connectivity index (χ3v) is 2.72. The predicted molar refractivity (Wildman–Crippen MR) is 67.9 cm³/mol. The molecule has 1 N–H and O–H groups in total. The third kappa shape index (κ3) is 3.48. The van der Waals surface area contributed by atoms with Crippen LogP contribution in [0.3, 0.4) is 0 Å². The monoisotopic (exact) mass is 282 g/mol. The number of rotatable bonds is 3. The first-order valence-electron chi connectivity index (χ1n) is 5.39. The lowest BCUT2D eigenvalue weighted by atomic mass is 10.1. The molecule has 1 heterocycles. The normalized spacial score (nSPS) is 10.3. The molecule has 0 spiro atoms. The number of hydrogen-bond acceptors (Lipinski definition) is 2. The Morgan fingerprint density at radius 3 is 2.74 bits per heavy atom. The quantitative estimate of drug-likeness (QED) is 0.939. The number of nitrogens with one attached hydrogen (secondary N) is 1. The van der Waals surface area contributed by atoms with Crippen molar-refractivity contribution in [2.45, 2.75) is 6.42 Å². The van der Waals surface area contributed by atoms with Crippen LogP contribution in [0.2, 0.25) is 5.02 Å². The topological polar surface area (TPSA) is 42.0 Å². The molecule has 1 aromatic carbocycles. The van der Waals surface area contributed by atoms with Gasteiger partial charge >= 0.3 is 0 Å². The molecule has 0 fully saturated rings. The number of anilines is 1. The minimum Gasteiger partial charge on any atom is -0.323 e. The van der Waals surface area contributed by atoms with Crippen molar-refractivity contribution in [1.82, 2.24) is 4.98 Å². The first-order valence-corrected chi connectivity index (χ1v) is 5.77. The summed E-state index contributed by atoms with van der Waals surface area (Å²) in [6.45, 7) is 0. The van der Waals surface area contributed by atoms with Crippen molar-refractivity contribution in [3.8, 4) is 0 Å². The average molecular weight is 283 g/mol. The molecule has 0 bridgehead atoms. The summed E-state index contributed by atoms with van der Waals surface area (Å²) in [4.78, 5) is 15.5. The van der Waals surface area contributed by atoms with Gasteiger partial charge in [0.05, 0.1) is 23.3 Å². The second kappa shape index (κ2) is 5.75. The highest BCUT2D eigenvalue weighted by Gasteiger charge is 2.09. The largest absolute Gasteiger partial charge is 0.323 e. The van der Waals surface area contributed by atoms with E-state index < -0.39 is 11.6 Å². The van der Waals surface area contributed by atoms with Gasteiger partial charge in [0.2, 0.25) is 5.91 Å². The zero-order valence-corrected chi connectivity index (χ0v) is 10.4. The Morgan fingerprint density at radius 1 is 1.26 bits per heavy atom. The number of benzene rings is 1. The van der Waals surface area contributed by atoms with Crippen LogP contribution in [0.25, 0.3) is 0 Å². The summed E-state index contributed by atoms with van der Waals surface area (Å²) in [6, 6.07) is 4.85. The molecule has 6 heteroatoms. The van der Waals surface area contributed by atoms with Crippen LogP contribution in [0.4, 0.5) is 14.5 Å². The van der Waals surface area contributed by atoms with Gasteiger partial charge in [0.15, 0.2) is 11.6 Å². The van der Waals surface area contributed by atoms with Crippen molar-refractivity contribution in [2.24, 2.45) is 0 Å². The number of pyridine rings is 1. The standard InChI is InChI=1S/C13H9ClF2N2O/c14-9-3-4-17-7-12(9)18-13(19)6-8-1-2-10(15)11(16)5-8/h1-5,7H,6H2,(H,18,19). The molecule has 98 valence electrons. The van der Waals surface area contributed by atoms with Crippen molar-refractivity contribution in [1.29, 1.82) is 0 Å². The molecular formula is C13H9ClF2N2O. The van der Waals surface area contributed by atoms with Gasteiger partial charge in [0.1, 0.15) is 0 Å². The number of aromatic nitrogens is 1. The first kappa shape index (κ1) is 13.4. The maximum Gasteiger partial charge on any atom is 0.228 e. The Bertz CT molecular complexity index is 619. The van der Waals surface area contributed by atoms with Crippen LogP contribution < -0.4 is 5.32 Å². The van der Waals surface area contributed by atoms with Gasteiger partial charge in [-0.2, -0.15) is 0 Å². The van der Waals surface area contributed by atoms with Crippen molar-refractivity contribution in [2.75, 3.05) is 5.32 Å². The minimum atomic E-state index is -0.982. The molecule has 1 amide bonds. The summed E-state index contributed by atoms with van der Waals surface area (Å²) >= 11 is 5.85. The van der Waals surface area contributed by atoms with Gasteiger partial charge in [0.25, 0.3) is 0 Å². The fraction of sp³-hybridized carbons (Fsp3) is 0.0769. The molecule has 1 aromatic heterocycles. The van der Waals surface area contributed by atoms with Crippen LogP contribution in [-0.2, 0) is 11.2 Å². The molecule has 0 saturated heterocycles. The van der Waals surface area contributed by atoms with Gasteiger partial charge in [-0.15, -0.1) is 0 Å². The Kier molecular flexibility index (Phi) is 4.06. The number of hydrogen-bond donors (Lipinski definition) is 1. The Balaban J connectivity index is 2.05. The molecule has 0 radical (unpaired) electrons. The van der Waals surface area contributed by atoms with Crippen molar-refractivity contribution in [3.05, 3.63) is 58.9 Å². The first-order chi connectivity index (χ1) is 9.06. The lowest BCUT2D eigenvalue weighted by Gasteiger charge is -2.06. The Morgan fingerprint density at radius 2 is 2.05 bits per heavy atom. The number of halogens is 3. The second-order valence-corrected chi connectivity index (χ2v) is 4.24. The lowest BCUT2D eigenvalue weighted by molar-refractivity contribution is -0.115. The van der Waals surface area contributed by atoms with E-state index >= 15 is 0 Å². The number of carbonyl (C=O) groups excluding carboxylic acids is 1. The second-order valence-electron chi connectivity index (χ2n) is 3.83. The number of nitrogens with zero attached hydrogens (tertiary/aromatic N) is 1. The Labute approximate surface area is 113 Å². The van der Waals surface area contributed by atoms with Gasteiger partial charge in [-0.05, 0) is 23.8 Å². The molecule has 0 unspecified atom stereocenters. The van der Waals surface area contributed by atoms with Crippen LogP contribution in [0.5, 0.6) is 0 Å². The predicted octanol–water partition coefficient (Wildman–Crippen LogP) is 3.19. The average Bonchev–Trinajstić information content (AvgIpc) is 2.37. The van der Waals surface area contributed by atoms with Gasteiger partial charge < -0.3 is 5.32 Å². The summed E-state index contributed by atoms with van der Waals surface area (Å²) in [5, 5.41) is 2.90. The zero-order chi connectivity index (χ0) is 13.8. The molecular weight excluding hydrogens is 274 g/mol. The molecule has 3 nitrogen and oxygen atoms in total. The molecule has 2 rings (SSSR count). The van der Waals surface area contributed by atoms with E-state index in [1.165, 1.54) is 24.5 Å². The Hall–Kier alpha value is -2.01. The molecule has 0 aliphatic rings. The SMILES string of the molecule is O=C(Cc1ccc(F)c(F)c1)Nc1cnccc1Cl. The van der Waals surface area contributed by atoms with E-state index in [1.807, 2.05) is 0 Å². The van der Waals surface area contributed by atoms with Gasteiger partial charge in [0, 0.05) is 6.20 Å². The molecule has 19 heavy (non-hydrogen) atoms. The van der Waals surface area contributed by atoms with E-state index in [9.17, 15) is 13.6 Å². The van der Waals surface area contributed by atoms with Crippen molar-refractivity contribution >= 4 is 23.2 Å². The highest BCUT2D eigenvalue weighted by molar-refractivity contribution is 6.33. The van der Waals surface area contributed by atoms with Crippen LogP contribution >= 0.6 is 11.6 Å². The van der Waals surface area contributed by atoms with E-state index in [-0.39, 0.29) is 12.3 Å². The van der Waals surface area contributed by atoms with Gasteiger partial charge in [-0.1, -0.05) is 17.7 Å². The summed E-state index contributed by atoms with van der Waals surface area (Å²) in [6.07, 6.45) is 2.82. The van der Waals surface area contributed by atoms with Crippen LogP contribution in [0.1, 0.15) is 5.56 Å².